The van der Waals surface area contributed by atoms with Crippen LogP contribution in [0, 0.1) is 0 Å². The van der Waals surface area contributed by atoms with E-state index in [0.717, 1.165) is 43.9 Å². The van der Waals surface area contributed by atoms with Gasteiger partial charge in [0.1, 0.15) is 11.4 Å². The molecular weight excluding hydrogens is 382 g/mol. The lowest BCUT2D eigenvalue weighted by atomic mass is 10.0. The van der Waals surface area contributed by atoms with Crippen molar-refractivity contribution >= 4 is 17.4 Å². The van der Waals surface area contributed by atoms with Crippen molar-refractivity contribution in [1.82, 2.24) is 14.7 Å². The summed E-state index contributed by atoms with van der Waals surface area (Å²) in [6.07, 6.45) is 1.57. The van der Waals surface area contributed by atoms with E-state index in [-0.39, 0.29) is 11.8 Å². The number of benzene rings is 1. The average Bonchev–Trinajstić information content (AvgIpc) is 3.00. The van der Waals surface area contributed by atoms with E-state index in [4.69, 9.17) is 9.47 Å². The number of amides is 2. The molecule has 0 aliphatic carbocycles. The Morgan fingerprint density at radius 2 is 1.63 bits per heavy atom. The molecule has 1 aromatic carbocycles. The summed E-state index contributed by atoms with van der Waals surface area (Å²) in [5, 5.41) is 0. The Balaban J connectivity index is 1.87. The normalized spacial score (nSPS) is 18.0. The van der Waals surface area contributed by atoms with Crippen molar-refractivity contribution in [3.63, 3.8) is 0 Å². The van der Waals surface area contributed by atoms with Gasteiger partial charge in [0, 0.05) is 45.9 Å². The van der Waals surface area contributed by atoms with Crippen LogP contribution in [0.3, 0.4) is 0 Å². The van der Waals surface area contributed by atoms with E-state index in [2.05, 4.69) is 23.8 Å². The Labute approximate surface area is 179 Å². The van der Waals surface area contributed by atoms with Crippen LogP contribution in [-0.2, 0) is 14.3 Å². The fourth-order valence-corrected chi connectivity index (χ4v) is 3.76. The van der Waals surface area contributed by atoms with Crippen molar-refractivity contribution in [1.29, 1.82) is 0 Å². The largest absolute Gasteiger partial charge is 0.494 e. The van der Waals surface area contributed by atoms with Gasteiger partial charge in [-0.05, 0) is 44.5 Å². The predicted octanol–water partition coefficient (Wildman–Crippen LogP) is 2.23. The third-order valence-electron chi connectivity index (χ3n) is 5.45. The molecule has 1 saturated heterocycles. The van der Waals surface area contributed by atoms with Gasteiger partial charge in [0.2, 0.25) is 0 Å². The molecule has 1 aromatic rings. The number of hydrogen-bond acceptors (Lipinski definition) is 6. The molecule has 0 spiro atoms. The van der Waals surface area contributed by atoms with Gasteiger partial charge in [-0.25, -0.2) is 0 Å². The summed E-state index contributed by atoms with van der Waals surface area (Å²) in [6.45, 7) is 9.39. The Morgan fingerprint density at radius 1 is 0.933 bits per heavy atom. The van der Waals surface area contributed by atoms with Crippen LogP contribution in [0.25, 0.3) is 5.57 Å². The molecule has 0 bridgehead atoms. The van der Waals surface area contributed by atoms with E-state index in [0.29, 0.717) is 44.1 Å². The van der Waals surface area contributed by atoms with E-state index in [9.17, 15) is 9.59 Å². The summed E-state index contributed by atoms with van der Waals surface area (Å²) in [6, 6.07) is 7.50. The first-order valence-electron chi connectivity index (χ1n) is 10.9. The van der Waals surface area contributed by atoms with Crippen LogP contribution >= 0.6 is 0 Å². The molecule has 2 heterocycles. The summed E-state index contributed by atoms with van der Waals surface area (Å²) in [5.74, 6) is 0.364. The van der Waals surface area contributed by atoms with Crippen LogP contribution in [-0.4, -0.2) is 86.1 Å². The topological polar surface area (TPSA) is 62.3 Å². The molecule has 7 nitrogen and oxygen atoms in total. The molecule has 0 atom stereocenters. The Kier molecular flexibility index (Phi) is 7.87. The zero-order chi connectivity index (χ0) is 21.5. The molecule has 2 amide bonds. The highest BCUT2D eigenvalue weighted by molar-refractivity contribution is 6.35. The van der Waals surface area contributed by atoms with Crippen molar-refractivity contribution < 1.29 is 19.1 Å². The fourth-order valence-electron chi connectivity index (χ4n) is 3.76. The highest BCUT2D eigenvalue weighted by Gasteiger charge is 2.41. The fraction of sp³-hybridized carbons (Fsp3) is 0.565. The van der Waals surface area contributed by atoms with Crippen molar-refractivity contribution in [2.45, 2.75) is 26.7 Å². The van der Waals surface area contributed by atoms with E-state index in [1.807, 2.05) is 31.2 Å². The van der Waals surface area contributed by atoms with E-state index < -0.39 is 0 Å². The van der Waals surface area contributed by atoms with Crippen LogP contribution in [0.4, 0.5) is 0 Å². The average molecular weight is 416 g/mol. The van der Waals surface area contributed by atoms with Crippen molar-refractivity contribution in [3.8, 4) is 5.75 Å². The SMILES string of the molecule is CCCOc1ccc(C2=C(N3CCN(C)CC3)C(=O)N(CCCOCC)C2=O)cc1. The van der Waals surface area contributed by atoms with Gasteiger partial charge in [0.25, 0.3) is 11.8 Å². The van der Waals surface area contributed by atoms with E-state index >= 15 is 0 Å². The second-order valence-electron chi connectivity index (χ2n) is 7.70. The summed E-state index contributed by atoms with van der Waals surface area (Å²) in [5.41, 5.74) is 1.80. The standard InChI is InChI=1S/C23H33N3O4/c1-4-16-30-19-9-7-18(8-10-19)20-21(25-14-12-24(3)13-15-25)23(28)26(22(20)27)11-6-17-29-5-2/h7-10H,4-6,11-17H2,1-3H3. The number of carbonyl (C=O) groups is 2. The smallest absolute Gasteiger partial charge is 0.277 e. The number of nitrogens with zero attached hydrogens (tertiary/aromatic N) is 3. The number of ether oxygens (including phenoxy) is 2. The van der Waals surface area contributed by atoms with Crippen LogP contribution < -0.4 is 4.74 Å². The number of imide groups is 1. The van der Waals surface area contributed by atoms with Crippen molar-refractivity contribution in [2.75, 3.05) is 59.6 Å². The molecule has 1 fully saturated rings. The lowest BCUT2D eigenvalue weighted by Crippen LogP contribution is -2.46. The highest BCUT2D eigenvalue weighted by Crippen LogP contribution is 2.33. The number of piperazine rings is 1. The van der Waals surface area contributed by atoms with Gasteiger partial charge in [-0.1, -0.05) is 19.1 Å². The van der Waals surface area contributed by atoms with E-state index in [1.165, 1.54) is 4.90 Å². The number of rotatable bonds is 10. The maximum absolute atomic E-state index is 13.3. The van der Waals surface area contributed by atoms with Gasteiger partial charge in [-0.15, -0.1) is 0 Å². The Hall–Kier alpha value is -2.38. The summed E-state index contributed by atoms with van der Waals surface area (Å²) >= 11 is 0. The van der Waals surface area contributed by atoms with Gasteiger partial charge in [0.05, 0.1) is 12.2 Å². The summed E-state index contributed by atoms with van der Waals surface area (Å²) < 4.78 is 11.0. The van der Waals surface area contributed by atoms with Crippen LogP contribution in [0.2, 0.25) is 0 Å². The number of carbonyl (C=O) groups excluding carboxylic acids is 2. The Morgan fingerprint density at radius 3 is 2.27 bits per heavy atom. The maximum Gasteiger partial charge on any atom is 0.277 e. The molecule has 0 N–H and O–H groups in total. The summed E-state index contributed by atoms with van der Waals surface area (Å²) in [7, 11) is 2.07. The number of likely N-dealkylation sites (N-methyl/N-ethyl adjacent to an activating group) is 1. The highest BCUT2D eigenvalue weighted by atomic mass is 16.5. The maximum atomic E-state index is 13.3. The molecule has 0 aromatic heterocycles. The van der Waals surface area contributed by atoms with Gasteiger partial charge >= 0.3 is 0 Å². The minimum Gasteiger partial charge on any atom is -0.494 e. The third-order valence-corrected chi connectivity index (χ3v) is 5.45. The van der Waals surface area contributed by atoms with Gasteiger partial charge in [0.15, 0.2) is 0 Å². The third kappa shape index (κ3) is 5.02. The molecule has 2 aliphatic rings. The first kappa shape index (κ1) is 22.3. The molecular formula is C23H33N3O4. The summed E-state index contributed by atoms with van der Waals surface area (Å²) in [4.78, 5) is 32.3. The molecule has 0 saturated carbocycles. The molecule has 7 heteroatoms. The van der Waals surface area contributed by atoms with Gasteiger partial charge < -0.3 is 19.3 Å². The molecule has 3 rings (SSSR count). The molecule has 0 unspecified atom stereocenters. The quantitative estimate of drug-likeness (QED) is 0.431. The minimum atomic E-state index is -0.215. The monoisotopic (exact) mass is 415 g/mol. The molecule has 164 valence electrons. The van der Waals surface area contributed by atoms with Crippen molar-refractivity contribution in [3.05, 3.63) is 35.5 Å². The minimum absolute atomic E-state index is 0.192. The van der Waals surface area contributed by atoms with Gasteiger partial charge in [-0.2, -0.15) is 0 Å². The number of hydrogen-bond donors (Lipinski definition) is 0. The second kappa shape index (κ2) is 10.6. The molecule has 2 aliphatic heterocycles. The molecule has 0 radical (unpaired) electrons. The predicted molar refractivity (Wildman–Crippen MR) is 116 cm³/mol. The lowest BCUT2D eigenvalue weighted by molar-refractivity contribution is -0.137. The van der Waals surface area contributed by atoms with Crippen LogP contribution in [0.5, 0.6) is 5.75 Å². The van der Waals surface area contributed by atoms with Crippen LogP contribution in [0.15, 0.2) is 30.0 Å². The second-order valence-corrected chi connectivity index (χ2v) is 7.70. The van der Waals surface area contributed by atoms with Crippen LogP contribution in [0.1, 0.15) is 32.3 Å². The first-order valence-corrected chi connectivity index (χ1v) is 10.9. The molecule has 30 heavy (non-hydrogen) atoms. The first-order chi connectivity index (χ1) is 14.6. The zero-order valence-corrected chi connectivity index (χ0v) is 18.4. The Bertz CT molecular complexity index is 767. The van der Waals surface area contributed by atoms with E-state index in [1.54, 1.807) is 0 Å². The van der Waals surface area contributed by atoms with Gasteiger partial charge in [-0.3, -0.25) is 14.5 Å². The van der Waals surface area contributed by atoms with Crippen molar-refractivity contribution in [2.24, 2.45) is 0 Å². The lowest BCUT2D eigenvalue weighted by Gasteiger charge is -2.34. The zero-order valence-electron chi connectivity index (χ0n) is 18.4.